The van der Waals surface area contributed by atoms with E-state index in [1.54, 1.807) is 12.1 Å². The predicted molar refractivity (Wildman–Crippen MR) is 119 cm³/mol. The number of nitrogens with one attached hydrogen (secondary N) is 1. The maximum atomic E-state index is 11.2. The number of guanidine groups is 1. The highest BCUT2D eigenvalue weighted by Crippen LogP contribution is 2.07. The molecule has 152 valence electrons. The van der Waals surface area contributed by atoms with Crippen molar-refractivity contribution in [3.05, 3.63) is 77.4 Å². The first-order chi connectivity index (χ1) is 14.2. The van der Waals surface area contributed by atoms with Gasteiger partial charge in [0.15, 0.2) is 5.96 Å². The molecule has 2 aromatic rings. The third-order valence-electron chi connectivity index (χ3n) is 5.05. The van der Waals surface area contributed by atoms with Crippen LogP contribution in [0.2, 0.25) is 0 Å². The fourth-order valence-corrected chi connectivity index (χ4v) is 3.34. The highest BCUT2D eigenvalue weighted by molar-refractivity contribution is 5.92. The van der Waals surface area contributed by atoms with Crippen LogP contribution in [0.4, 0.5) is 0 Å². The van der Waals surface area contributed by atoms with Gasteiger partial charge in [0.05, 0.1) is 0 Å². The molecule has 0 aliphatic carbocycles. The van der Waals surface area contributed by atoms with Crippen molar-refractivity contribution in [2.24, 2.45) is 10.7 Å². The number of primary amides is 1. The number of carbonyl (C=O) groups is 1. The maximum Gasteiger partial charge on any atom is 0.248 e. The number of rotatable bonds is 6. The van der Waals surface area contributed by atoms with Gasteiger partial charge in [-0.2, -0.15) is 0 Å². The Morgan fingerprint density at radius 3 is 2.38 bits per heavy atom. The molecule has 1 saturated heterocycles. The van der Waals surface area contributed by atoms with Gasteiger partial charge in [0.2, 0.25) is 5.91 Å². The fraction of sp³-hybridized carbons (Fsp3) is 0.304. The Morgan fingerprint density at radius 1 is 1.07 bits per heavy atom. The van der Waals surface area contributed by atoms with Crippen LogP contribution in [0.3, 0.4) is 0 Å². The number of nitrogens with zero attached hydrogens (tertiary/aromatic N) is 3. The molecule has 0 aromatic heterocycles. The molecule has 29 heavy (non-hydrogen) atoms. The molecule has 1 aliphatic heterocycles. The number of hydrogen-bond donors (Lipinski definition) is 2. The van der Waals surface area contributed by atoms with Crippen molar-refractivity contribution in [1.29, 1.82) is 0 Å². The summed E-state index contributed by atoms with van der Waals surface area (Å²) < 4.78 is 0. The molecule has 0 atom stereocenters. The van der Waals surface area contributed by atoms with Crippen molar-refractivity contribution in [1.82, 2.24) is 15.1 Å². The minimum Gasteiger partial charge on any atom is -0.366 e. The van der Waals surface area contributed by atoms with Crippen LogP contribution in [-0.4, -0.2) is 61.4 Å². The Labute approximate surface area is 172 Å². The Kier molecular flexibility index (Phi) is 7.41. The van der Waals surface area contributed by atoms with Gasteiger partial charge in [0.1, 0.15) is 0 Å². The molecule has 3 rings (SSSR count). The normalized spacial score (nSPS) is 15.6. The van der Waals surface area contributed by atoms with Gasteiger partial charge >= 0.3 is 0 Å². The van der Waals surface area contributed by atoms with E-state index in [1.165, 1.54) is 5.56 Å². The standard InChI is InChI=1S/C23H29N5O/c1-25-23(26-18-20-9-11-21(12-10-20)22(24)29)28-16-14-27(15-17-28)13-5-8-19-6-3-2-4-7-19/h2-12H,13-18H2,1H3,(H2,24,29)(H,25,26)/b8-5+. The molecule has 0 bridgehead atoms. The van der Waals surface area contributed by atoms with E-state index in [9.17, 15) is 4.79 Å². The number of piperazine rings is 1. The zero-order valence-electron chi connectivity index (χ0n) is 16.9. The Bertz CT molecular complexity index is 837. The van der Waals surface area contributed by atoms with Gasteiger partial charge < -0.3 is 16.0 Å². The molecule has 0 saturated carbocycles. The van der Waals surface area contributed by atoms with E-state index in [1.807, 2.05) is 25.2 Å². The zero-order valence-corrected chi connectivity index (χ0v) is 16.9. The van der Waals surface area contributed by atoms with Crippen LogP contribution in [0, 0.1) is 0 Å². The van der Waals surface area contributed by atoms with E-state index in [4.69, 9.17) is 5.73 Å². The SMILES string of the molecule is CN=C(NCc1ccc(C(N)=O)cc1)N1CCN(C/C=C/c2ccccc2)CC1. The molecule has 6 nitrogen and oxygen atoms in total. The smallest absolute Gasteiger partial charge is 0.248 e. The molecular weight excluding hydrogens is 362 g/mol. The van der Waals surface area contributed by atoms with Gasteiger partial charge in [-0.25, -0.2) is 0 Å². The third-order valence-corrected chi connectivity index (χ3v) is 5.05. The van der Waals surface area contributed by atoms with Crippen LogP contribution >= 0.6 is 0 Å². The maximum absolute atomic E-state index is 11.2. The summed E-state index contributed by atoms with van der Waals surface area (Å²) in [6.45, 7) is 5.52. The molecular formula is C23H29N5O. The second kappa shape index (κ2) is 10.4. The average Bonchev–Trinajstić information content (AvgIpc) is 2.76. The van der Waals surface area contributed by atoms with E-state index < -0.39 is 5.91 Å². The molecule has 1 aliphatic rings. The predicted octanol–water partition coefficient (Wildman–Crippen LogP) is 2.19. The van der Waals surface area contributed by atoms with E-state index in [-0.39, 0.29) is 0 Å². The van der Waals surface area contributed by atoms with Crippen molar-refractivity contribution >= 4 is 17.9 Å². The molecule has 2 aromatic carbocycles. The van der Waals surface area contributed by atoms with Gasteiger partial charge in [-0.1, -0.05) is 54.6 Å². The van der Waals surface area contributed by atoms with E-state index in [0.29, 0.717) is 12.1 Å². The lowest BCUT2D eigenvalue weighted by atomic mass is 10.1. The molecule has 1 fully saturated rings. The molecule has 6 heteroatoms. The summed E-state index contributed by atoms with van der Waals surface area (Å²) in [7, 11) is 1.81. The Hall–Kier alpha value is -3.12. The van der Waals surface area contributed by atoms with Crippen LogP contribution in [0.25, 0.3) is 6.08 Å². The van der Waals surface area contributed by atoms with Crippen LogP contribution in [0.1, 0.15) is 21.5 Å². The molecule has 1 heterocycles. The molecule has 0 unspecified atom stereocenters. The van der Waals surface area contributed by atoms with Gasteiger partial charge in [-0.15, -0.1) is 0 Å². The summed E-state index contributed by atoms with van der Waals surface area (Å²) in [5.74, 6) is 0.500. The molecule has 0 radical (unpaired) electrons. The Morgan fingerprint density at radius 2 is 1.76 bits per heavy atom. The Balaban J connectivity index is 1.43. The van der Waals surface area contributed by atoms with Gasteiger partial charge in [0.25, 0.3) is 0 Å². The van der Waals surface area contributed by atoms with Crippen molar-refractivity contribution in [2.45, 2.75) is 6.54 Å². The third kappa shape index (κ3) is 6.19. The number of benzene rings is 2. The number of aliphatic imine (C=N–C) groups is 1. The zero-order chi connectivity index (χ0) is 20.5. The quantitative estimate of drug-likeness (QED) is 0.585. The van der Waals surface area contributed by atoms with Crippen LogP contribution in [0.5, 0.6) is 0 Å². The first kappa shape index (κ1) is 20.6. The second-order valence-electron chi connectivity index (χ2n) is 7.06. The lowest BCUT2D eigenvalue weighted by molar-refractivity contribution is 0.100. The summed E-state index contributed by atoms with van der Waals surface area (Å²) in [5, 5.41) is 3.41. The van der Waals surface area contributed by atoms with E-state index >= 15 is 0 Å². The summed E-state index contributed by atoms with van der Waals surface area (Å²) in [4.78, 5) is 20.3. The number of hydrogen-bond acceptors (Lipinski definition) is 3. The largest absolute Gasteiger partial charge is 0.366 e. The first-order valence-electron chi connectivity index (χ1n) is 9.94. The monoisotopic (exact) mass is 391 g/mol. The lowest BCUT2D eigenvalue weighted by Gasteiger charge is -2.36. The van der Waals surface area contributed by atoms with E-state index in [2.05, 4.69) is 56.5 Å². The first-order valence-corrected chi connectivity index (χ1v) is 9.94. The van der Waals surface area contributed by atoms with Crippen LogP contribution in [0.15, 0.2) is 65.7 Å². The summed E-state index contributed by atoms with van der Waals surface area (Å²) >= 11 is 0. The highest BCUT2D eigenvalue weighted by Gasteiger charge is 2.18. The number of carbonyl (C=O) groups excluding carboxylic acids is 1. The number of amides is 1. The van der Waals surface area contributed by atoms with Crippen molar-refractivity contribution in [3.8, 4) is 0 Å². The highest BCUT2D eigenvalue weighted by atomic mass is 16.1. The van der Waals surface area contributed by atoms with Gasteiger partial charge in [-0.3, -0.25) is 14.7 Å². The van der Waals surface area contributed by atoms with Crippen LogP contribution < -0.4 is 11.1 Å². The molecule has 1 amide bonds. The van der Waals surface area contributed by atoms with E-state index in [0.717, 1.165) is 44.2 Å². The molecule has 3 N–H and O–H groups in total. The minimum atomic E-state index is -0.406. The number of nitrogens with two attached hydrogens (primary N) is 1. The fourth-order valence-electron chi connectivity index (χ4n) is 3.34. The summed E-state index contributed by atoms with van der Waals surface area (Å²) in [5.41, 5.74) is 8.13. The van der Waals surface area contributed by atoms with Crippen molar-refractivity contribution in [2.75, 3.05) is 39.8 Å². The minimum absolute atomic E-state index is 0.406. The van der Waals surface area contributed by atoms with Crippen molar-refractivity contribution < 1.29 is 4.79 Å². The molecule has 0 spiro atoms. The lowest BCUT2D eigenvalue weighted by Crippen LogP contribution is -2.52. The average molecular weight is 392 g/mol. The summed E-state index contributed by atoms with van der Waals surface area (Å²) in [6, 6.07) is 17.7. The van der Waals surface area contributed by atoms with Crippen molar-refractivity contribution in [3.63, 3.8) is 0 Å². The van der Waals surface area contributed by atoms with Gasteiger partial charge in [0, 0.05) is 51.9 Å². The second-order valence-corrected chi connectivity index (χ2v) is 7.06. The van der Waals surface area contributed by atoms with Crippen LogP contribution in [-0.2, 0) is 6.54 Å². The van der Waals surface area contributed by atoms with Gasteiger partial charge in [-0.05, 0) is 23.3 Å². The summed E-state index contributed by atoms with van der Waals surface area (Å²) in [6.07, 6.45) is 4.41. The topological polar surface area (TPSA) is 74.0 Å².